The van der Waals surface area contributed by atoms with Gasteiger partial charge in [0.25, 0.3) is 0 Å². The Morgan fingerprint density at radius 1 is 1.37 bits per heavy atom. The van der Waals surface area contributed by atoms with Crippen molar-refractivity contribution in [2.75, 3.05) is 6.61 Å². The van der Waals surface area contributed by atoms with Crippen molar-refractivity contribution in [2.24, 2.45) is 0 Å². The molecule has 106 valence electrons. The van der Waals surface area contributed by atoms with E-state index in [9.17, 15) is 18.0 Å². The lowest BCUT2D eigenvalue weighted by molar-refractivity contribution is -0.191. The Balaban J connectivity index is 2.38. The van der Waals surface area contributed by atoms with Gasteiger partial charge in [0, 0.05) is 10.9 Å². The molecular weight excluding hydrogens is 327 g/mol. The Morgan fingerprint density at radius 3 is 2.47 bits per heavy atom. The zero-order valence-corrected chi connectivity index (χ0v) is 11.7. The minimum absolute atomic E-state index is 0.0550. The van der Waals surface area contributed by atoms with E-state index in [4.69, 9.17) is 0 Å². The van der Waals surface area contributed by atoms with Crippen molar-refractivity contribution in [3.05, 3.63) is 34.3 Å². The second kappa shape index (κ2) is 6.91. The molecule has 0 bridgehead atoms. The van der Waals surface area contributed by atoms with E-state index < -0.39 is 18.7 Å². The third kappa shape index (κ3) is 6.58. The molecule has 0 saturated heterocycles. The third-order valence-corrected chi connectivity index (χ3v) is 2.88. The number of rotatable bonds is 5. The second-order valence-corrected chi connectivity index (χ2v) is 5.00. The van der Waals surface area contributed by atoms with Crippen molar-refractivity contribution in [3.63, 3.8) is 0 Å². The first-order valence-corrected chi connectivity index (χ1v) is 6.30. The molecule has 0 aliphatic carbocycles. The number of amides is 1. The maximum atomic E-state index is 11.8. The van der Waals surface area contributed by atoms with E-state index >= 15 is 0 Å². The molecular formula is C12H13BrF3NO2. The molecule has 3 nitrogen and oxygen atoms in total. The Hall–Kier alpha value is -1.08. The number of carbonyl (C=O) groups is 1. The summed E-state index contributed by atoms with van der Waals surface area (Å²) >= 11 is 3.29. The van der Waals surface area contributed by atoms with Crippen LogP contribution in [0.2, 0.25) is 0 Å². The lowest BCUT2D eigenvalue weighted by atomic mass is 9.98. The minimum Gasteiger partial charge on any atom is -0.273 e. The number of hydroxylamine groups is 1. The van der Waals surface area contributed by atoms with Gasteiger partial charge >= 0.3 is 6.18 Å². The molecule has 0 aliphatic rings. The highest BCUT2D eigenvalue weighted by molar-refractivity contribution is 9.10. The Bertz CT molecular complexity index is 420. The van der Waals surface area contributed by atoms with Gasteiger partial charge in [-0.15, -0.1) is 0 Å². The van der Waals surface area contributed by atoms with Crippen LogP contribution in [-0.2, 0) is 9.63 Å². The maximum Gasteiger partial charge on any atom is 0.414 e. The molecule has 0 saturated carbocycles. The summed E-state index contributed by atoms with van der Waals surface area (Å²) in [4.78, 5) is 15.5. The van der Waals surface area contributed by atoms with Crippen LogP contribution >= 0.6 is 15.9 Å². The molecule has 0 spiro atoms. The van der Waals surface area contributed by atoms with Crippen molar-refractivity contribution in [1.29, 1.82) is 0 Å². The molecule has 1 aromatic carbocycles. The van der Waals surface area contributed by atoms with Crippen LogP contribution in [-0.4, -0.2) is 18.7 Å². The first kappa shape index (κ1) is 16.0. The summed E-state index contributed by atoms with van der Waals surface area (Å²) in [6.07, 6.45) is -4.40. The lowest BCUT2D eigenvalue weighted by Gasteiger charge is -2.12. The largest absolute Gasteiger partial charge is 0.414 e. The van der Waals surface area contributed by atoms with Crippen LogP contribution in [0.3, 0.4) is 0 Å². The molecule has 1 unspecified atom stereocenters. The normalized spacial score (nSPS) is 13.1. The van der Waals surface area contributed by atoms with E-state index in [1.807, 2.05) is 31.2 Å². The lowest BCUT2D eigenvalue weighted by Crippen LogP contribution is -2.30. The summed E-state index contributed by atoms with van der Waals surface area (Å²) in [5, 5.41) is 0. The fourth-order valence-corrected chi connectivity index (χ4v) is 1.69. The van der Waals surface area contributed by atoms with Gasteiger partial charge in [-0.05, 0) is 23.6 Å². The molecule has 0 aliphatic heterocycles. The Kier molecular flexibility index (Phi) is 5.81. The third-order valence-electron chi connectivity index (χ3n) is 2.35. The van der Waals surface area contributed by atoms with Gasteiger partial charge in [0.05, 0.1) is 0 Å². The highest BCUT2D eigenvalue weighted by atomic mass is 79.9. The van der Waals surface area contributed by atoms with E-state index in [-0.39, 0.29) is 12.3 Å². The minimum atomic E-state index is -4.45. The van der Waals surface area contributed by atoms with Gasteiger partial charge in [0.1, 0.15) is 0 Å². The van der Waals surface area contributed by atoms with Gasteiger partial charge in [-0.3, -0.25) is 9.63 Å². The smallest absolute Gasteiger partial charge is 0.273 e. The molecule has 19 heavy (non-hydrogen) atoms. The fraction of sp³-hybridized carbons (Fsp3) is 0.417. The van der Waals surface area contributed by atoms with Crippen LogP contribution in [0.1, 0.15) is 24.8 Å². The molecule has 1 N–H and O–H groups in total. The van der Waals surface area contributed by atoms with Gasteiger partial charge in [-0.1, -0.05) is 35.0 Å². The number of halogens is 4. The van der Waals surface area contributed by atoms with Crippen molar-refractivity contribution in [3.8, 4) is 0 Å². The zero-order valence-electron chi connectivity index (χ0n) is 10.1. The first-order chi connectivity index (χ1) is 8.78. The van der Waals surface area contributed by atoms with E-state index in [0.29, 0.717) is 0 Å². The monoisotopic (exact) mass is 339 g/mol. The number of hydrogen-bond donors (Lipinski definition) is 1. The number of carbonyl (C=O) groups excluding carboxylic acids is 1. The molecule has 1 amide bonds. The molecule has 0 radical (unpaired) electrons. The van der Waals surface area contributed by atoms with Crippen LogP contribution in [0, 0.1) is 0 Å². The number of nitrogens with one attached hydrogen (secondary N) is 1. The molecule has 7 heteroatoms. The summed E-state index contributed by atoms with van der Waals surface area (Å²) in [6.45, 7) is 0.317. The topological polar surface area (TPSA) is 38.3 Å². The molecule has 1 rings (SSSR count). The number of alkyl halides is 3. The second-order valence-electron chi connectivity index (χ2n) is 4.09. The maximum absolute atomic E-state index is 11.8. The highest BCUT2D eigenvalue weighted by Crippen LogP contribution is 2.21. The van der Waals surface area contributed by atoms with Gasteiger partial charge in [-0.25, -0.2) is 5.48 Å². The standard InChI is InChI=1S/C12H13BrF3NO2/c1-8(9-2-4-10(13)5-3-9)6-11(18)17-19-7-12(14,15)16/h2-5,8H,6-7H2,1H3,(H,17,18). The molecule has 0 aromatic heterocycles. The van der Waals surface area contributed by atoms with Crippen LogP contribution in [0.5, 0.6) is 0 Å². The SMILES string of the molecule is CC(CC(=O)NOCC(F)(F)F)c1ccc(Br)cc1. The molecule has 0 heterocycles. The summed E-state index contributed by atoms with van der Waals surface area (Å²) in [7, 11) is 0. The van der Waals surface area contributed by atoms with Crippen LogP contribution < -0.4 is 5.48 Å². The van der Waals surface area contributed by atoms with Gasteiger partial charge in [0.15, 0.2) is 6.61 Å². The van der Waals surface area contributed by atoms with Crippen LogP contribution in [0.25, 0.3) is 0 Å². The van der Waals surface area contributed by atoms with Gasteiger partial charge < -0.3 is 0 Å². The van der Waals surface area contributed by atoms with Gasteiger partial charge in [-0.2, -0.15) is 13.2 Å². The Labute approximate surface area is 117 Å². The van der Waals surface area contributed by atoms with Crippen molar-refractivity contribution < 1.29 is 22.8 Å². The predicted molar refractivity (Wildman–Crippen MR) is 67.3 cm³/mol. The first-order valence-electron chi connectivity index (χ1n) is 5.51. The summed E-state index contributed by atoms with van der Waals surface area (Å²) in [6, 6.07) is 7.37. The number of benzene rings is 1. The van der Waals surface area contributed by atoms with E-state index in [1.54, 1.807) is 5.48 Å². The summed E-state index contributed by atoms with van der Waals surface area (Å²) < 4.78 is 36.3. The quantitative estimate of drug-likeness (QED) is 0.833. The fourth-order valence-electron chi connectivity index (χ4n) is 1.43. The summed E-state index contributed by atoms with van der Waals surface area (Å²) in [5.41, 5.74) is 2.71. The molecule has 0 fully saturated rings. The van der Waals surface area contributed by atoms with Crippen molar-refractivity contribution in [2.45, 2.75) is 25.4 Å². The van der Waals surface area contributed by atoms with Gasteiger partial charge in [0.2, 0.25) is 5.91 Å². The van der Waals surface area contributed by atoms with E-state index in [1.165, 1.54) is 0 Å². The number of hydrogen-bond acceptors (Lipinski definition) is 2. The van der Waals surface area contributed by atoms with E-state index in [0.717, 1.165) is 10.0 Å². The van der Waals surface area contributed by atoms with Crippen LogP contribution in [0.4, 0.5) is 13.2 Å². The zero-order chi connectivity index (χ0) is 14.5. The van der Waals surface area contributed by atoms with Crippen molar-refractivity contribution >= 4 is 21.8 Å². The van der Waals surface area contributed by atoms with E-state index in [2.05, 4.69) is 20.8 Å². The average molecular weight is 340 g/mol. The Morgan fingerprint density at radius 2 is 1.95 bits per heavy atom. The highest BCUT2D eigenvalue weighted by Gasteiger charge is 2.28. The van der Waals surface area contributed by atoms with Crippen molar-refractivity contribution in [1.82, 2.24) is 5.48 Å². The molecule has 1 aromatic rings. The molecule has 1 atom stereocenters. The predicted octanol–water partition coefficient (Wildman–Crippen LogP) is 3.55. The summed E-state index contributed by atoms with van der Waals surface area (Å²) in [5.74, 6) is -0.692. The van der Waals surface area contributed by atoms with Crippen LogP contribution in [0.15, 0.2) is 28.7 Å². The average Bonchev–Trinajstić information content (AvgIpc) is 2.27.